The molecule has 2 unspecified atom stereocenters. The van der Waals surface area contributed by atoms with E-state index in [9.17, 15) is 9.59 Å². The van der Waals surface area contributed by atoms with E-state index in [-0.39, 0.29) is 12.1 Å². The first-order valence-corrected chi connectivity index (χ1v) is 7.28. The first-order valence-electron chi connectivity index (χ1n) is 7.28. The van der Waals surface area contributed by atoms with Gasteiger partial charge in [-0.2, -0.15) is 0 Å². The number of carbonyl (C=O) groups is 2. The summed E-state index contributed by atoms with van der Waals surface area (Å²) >= 11 is 0. The summed E-state index contributed by atoms with van der Waals surface area (Å²) in [6.45, 7) is 2.76. The smallest absolute Gasteiger partial charge is 0.326 e. The Morgan fingerprint density at radius 1 is 1.16 bits per heavy atom. The third kappa shape index (κ3) is 2.85. The van der Waals surface area contributed by atoms with Gasteiger partial charge in [-0.3, -0.25) is 0 Å². The molecule has 5 nitrogen and oxygen atoms in total. The first kappa shape index (κ1) is 14.2. The Kier molecular flexibility index (Phi) is 4.32. The molecule has 1 heterocycles. The van der Waals surface area contributed by atoms with Gasteiger partial charge in [-0.1, -0.05) is 19.8 Å². The Bertz CT molecular complexity index is 359. The number of carboxylic acid groups (broad SMARTS) is 1. The number of hydrogen-bond acceptors (Lipinski definition) is 2. The van der Waals surface area contributed by atoms with Crippen molar-refractivity contribution in [1.82, 2.24) is 9.80 Å². The lowest BCUT2D eigenvalue weighted by atomic mass is 9.85. The molecule has 1 aliphatic carbocycles. The van der Waals surface area contributed by atoms with Gasteiger partial charge in [0.15, 0.2) is 0 Å². The quantitative estimate of drug-likeness (QED) is 0.835. The second kappa shape index (κ2) is 5.80. The largest absolute Gasteiger partial charge is 0.480 e. The SMILES string of the molecule is CC1CCCCC1N(C)C(=O)N1CCC[C@H]1C(=O)O. The van der Waals surface area contributed by atoms with Crippen LogP contribution in [0.25, 0.3) is 0 Å². The Morgan fingerprint density at radius 2 is 1.84 bits per heavy atom. The van der Waals surface area contributed by atoms with Crippen molar-refractivity contribution in [2.24, 2.45) is 5.92 Å². The fourth-order valence-corrected chi connectivity index (χ4v) is 3.47. The Morgan fingerprint density at radius 3 is 2.47 bits per heavy atom. The zero-order valence-corrected chi connectivity index (χ0v) is 11.8. The molecule has 2 aliphatic rings. The maximum absolute atomic E-state index is 12.5. The number of hydrogen-bond donors (Lipinski definition) is 1. The summed E-state index contributed by atoms with van der Waals surface area (Å²) in [4.78, 5) is 27.0. The highest BCUT2D eigenvalue weighted by Gasteiger charge is 2.38. The summed E-state index contributed by atoms with van der Waals surface area (Å²) in [5, 5.41) is 9.16. The summed E-state index contributed by atoms with van der Waals surface area (Å²) in [5.41, 5.74) is 0. The summed E-state index contributed by atoms with van der Waals surface area (Å²) in [6, 6.07) is -0.478. The normalized spacial score (nSPS) is 31.3. The van der Waals surface area contributed by atoms with Gasteiger partial charge in [0.2, 0.25) is 0 Å². The monoisotopic (exact) mass is 268 g/mol. The Labute approximate surface area is 114 Å². The van der Waals surface area contributed by atoms with E-state index in [1.165, 1.54) is 11.3 Å². The minimum atomic E-state index is -0.879. The van der Waals surface area contributed by atoms with Gasteiger partial charge in [-0.15, -0.1) is 0 Å². The van der Waals surface area contributed by atoms with Gasteiger partial charge >= 0.3 is 12.0 Å². The van der Waals surface area contributed by atoms with Crippen molar-refractivity contribution in [2.45, 2.75) is 57.5 Å². The van der Waals surface area contributed by atoms with Crippen LogP contribution in [0, 0.1) is 5.92 Å². The second-order valence-corrected chi connectivity index (χ2v) is 5.91. The minimum Gasteiger partial charge on any atom is -0.480 e. The van der Waals surface area contributed by atoms with Gasteiger partial charge in [-0.05, 0) is 31.6 Å². The predicted octanol–water partition coefficient (Wildman–Crippen LogP) is 2.17. The average Bonchev–Trinajstić information content (AvgIpc) is 2.87. The van der Waals surface area contributed by atoms with Gasteiger partial charge in [0.25, 0.3) is 0 Å². The molecule has 1 aliphatic heterocycles. The minimum absolute atomic E-state index is 0.108. The lowest BCUT2D eigenvalue weighted by Gasteiger charge is -2.38. The van der Waals surface area contributed by atoms with Crippen LogP contribution in [0.15, 0.2) is 0 Å². The molecule has 5 heteroatoms. The van der Waals surface area contributed by atoms with Crippen molar-refractivity contribution in [3.05, 3.63) is 0 Å². The number of aliphatic carboxylic acids is 1. The van der Waals surface area contributed by atoms with Crippen molar-refractivity contribution in [3.63, 3.8) is 0 Å². The molecule has 19 heavy (non-hydrogen) atoms. The van der Waals surface area contributed by atoms with Crippen LogP contribution in [0.4, 0.5) is 4.79 Å². The Balaban J connectivity index is 2.03. The van der Waals surface area contributed by atoms with E-state index in [4.69, 9.17) is 5.11 Å². The molecular weight excluding hydrogens is 244 g/mol. The lowest BCUT2D eigenvalue weighted by molar-refractivity contribution is -0.141. The van der Waals surface area contributed by atoms with E-state index in [2.05, 4.69) is 6.92 Å². The molecule has 3 atom stereocenters. The van der Waals surface area contributed by atoms with Crippen LogP contribution >= 0.6 is 0 Å². The molecule has 108 valence electrons. The van der Waals surface area contributed by atoms with Crippen LogP contribution in [-0.2, 0) is 4.79 Å². The number of amides is 2. The molecular formula is C14H24N2O3. The molecule has 0 aromatic rings. The molecule has 0 aromatic carbocycles. The van der Waals surface area contributed by atoms with Crippen LogP contribution in [0.1, 0.15) is 45.4 Å². The molecule has 0 bridgehead atoms. The molecule has 0 radical (unpaired) electrons. The number of rotatable bonds is 2. The van der Waals surface area contributed by atoms with Gasteiger partial charge in [0.1, 0.15) is 6.04 Å². The van der Waals surface area contributed by atoms with E-state index in [1.807, 2.05) is 7.05 Å². The van der Waals surface area contributed by atoms with E-state index in [1.54, 1.807) is 4.90 Å². The average molecular weight is 268 g/mol. The highest BCUT2D eigenvalue weighted by atomic mass is 16.4. The van der Waals surface area contributed by atoms with Gasteiger partial charge < -0.3 is 14.9 Å². The topological polar surface area (TPSA) is 60.9 Å². The van der Waals surface area contributed by atoms with Crippen LogP contribution in [0.2, 0.25) is 0 Å². The van der Waals surface area contributed by atoms with E-state index >= 15 is 0 Å². The molecule has 1 N–H and O–H groups in total. The summed E-state index contributed by atoms with van der Waals surface area (Å²) < 4.78 is 0. The number of urea groups is 1. The summed E-state index contributed by atoms with van der Waals surface area (Å²) in [5.74, 6) is -0.371. The third-order valence-corrected chi connectivity index (χ3v) is 4.65. The van der Waals surface area contributed by atoms with Crippen molar-refractivity contribution < 1.29 is 14.7 Å². The maximum Gasteiger partial charge on any atom is 0.326 e. The number of carboxylic acids is 1. The molecule has 2 rings (SSSR count). The molecule has 2 fully saturated rings. The zero-order chi connectivity index (χ0) is 14.0. The van der Waals surface area contributed by atoms with Crippen LogP contribution in [-0.4, -0.2) is 52.6 Å². The molecule has 0 spiro atoms. The van der Waals surface area contributed by atoms with E-state index in [0.29, 0.717) is 18.9 Å². The van der Waals surface area contributed by atoms with Crippen molar-refractivity contribution in [1.29, 1.82) is 0 Å². The summed E-state index contributed by atoms with van der Waals surface area (Å²) in [6.07, 6.45) is 5.96. The zero-order valence-electron chi connectivity index (χ0n) is 11.8. The van der Waals surface area contributed by atoms with Crippen LogP contribution in [0.5, 0.6) is 0 Å². The van der Waals surface area contributed by atoms with Crippen LogP contribution in [0.3, 0.4) is 0 Å². The maximum atomic E-state index is 12.5. The fourth-order valence-electron chi connectivity index (χ4n) is 3.47. The molecule has 1 saturated heterocycles. The first-order chi connectivity index (χ1) is 9.02. The second-order valence-electron chi connectivity index (χ2n) is 5.91. The highest BCUT2D eigenvalue weighted by Crippen LogP contribution is 2.29. The number of nitrogens with zero attached hydrogens (tertiary/aromatic N) is 2. The summed E-state index contributed by atoms with van der Waals surface area (Å²) in [7, 11) is 1.83. The lowest BCUT2D eigenvalue weighted by Crippen LogP contribution is -2.51. The predicted molar refractivity (Wildman–Crippen MR) is 71.9 cm³/mol. The van der Waals surface area contributed by atoms with Gasteiger partial charge in [-0.25, -0.2) is 9.59 Å². The van der Waals surface area contributed by atoms with E-state index in [0.717, 1.165) is 25.7 Å². The van der Waals surface area contributed by atoms with Crippen LogP contribution < -0.4 is 0 Å². The number of likely N-dealkylation sites (tertiary alicyclic amines) is 1. The molecule has 2 amide bonds. The molecule has 0 aromatic heterocycles. The Hall–Kier alpha value is -1.26. The third-order valence-electron chi connectivity index (χ3n) is 4.65. The van der Waals surface area contributed by atoms with Crippen molar-refractivity contribution in [3.8, 4) is 0 Å². The van der Waals surface area contributed by atoms with Gasteiger partial charge in [0.05, 0.1) is 0 Å². The van der Waals surface area contributed by atoms with Gasteiger partial charge in [0, 0.05) is 19.6 Å². The highest BCUT2D eigenvalue weighted by molar-refractivity contribution is 5.83. The standard InChI is InChI=1S/C14H24N2O3/c1-10-6-3-4-7-11(10)15(2)14(19)16-9-5-8-12(16)13(17)18/h10-12H,3-9H2,1-2H3,(H,17,18)/t10?,11?,12-/m0/s1. The molecule has 1 saturated carbocycles. The van der Waals surface area contributed by atoms with Crippen molar-refractivity contribution in [2.75, 3.05) is 13.6 Å². The van der Waals surface area contributed by atoms with E-state index < -0.39 is 12.0 Å². The fraction of sp³-hybridized carbons (Fsp3) is 0.857. The van der Waals surface area contributed by atoms with Crippen molar-refractivity contribution >= 4 is 12.0 Å². The number of carbonyl (C=O) groups excluding carboxylic acids is 1.